The number of aromatic nitrogens is 3. The molecule has 4 heteroatoms. The number of aryl methyl sites for hydroxylation is 2. The molecule has 0 saturated carbocycles. The maximum absolute atomic E-state index is 10.6. The molecule has 0 amide bonds. The van der Waals surface area contributed by atoms with Crippen molar-refractivity contribution in [3.63, 3.8) is 0 Å². The Morgan fingerprint density at radius 3 is 3.00 bits per heavy atom. The summed E-state index contributed by atoms with van der Waals surface area (Å²) in [6.07, 6.45) is 2.94. The van der Waals surface area contributed by atoms with Crippen molar-refractivity contribution in [2.45, 2.75) is 19.3 Å². The lowest BCUT2D eigenvalue weighted by Crippen LogP contribution is -2.14. The maximum atomic E-state index is 10.6. The second-order valence-electron chi connectivity index (χ2n) is 2.39. The molecule has 1 N–H and O–H groups in total. The van der Waals surface area contributed by atoms with Gasteiger partial charge in [-0.1, -0.05) is 0 Å². The van der Waals surface area contributed by atoms with Crippen LogP contribution in [-0.4, -0.2) is 15.2 Å². The van der Waals surface area contributed by atoms with Crippen molar-refractivity contribution in [3.8, 4) is 0 Å². The van der Waals surface area contributed by atoms with E-state index in [4.69, 9.17) is 0 Å². The minimum Gasteiger partial charge on any atom is -0.244 e. The Morgan fingerprint density at radius 2 is 2.10 bits per heavy atom. The van der Waals surface area contributed by atoms with Gasteiger partial charge in [0, 0.05) is 0 Å². The summed E-state index contributed by atoms with van der Waals surface area (Å²) >= 11 is 0. The van der Waals surface area contributed by atoms with Crippen molar-refractivity contribution in [1.29, 1.82) is 0 Å². The van der Waals surface area contributed by atoms with Crippen LogP contribution in [0.25, 0.3) is 0 Å². The summed E-state index contributed by atoms with van der Waals surface area (Å²) in [5, 5.41) is 6.17. The average molecular weight is 137 g/mol. The van der Waals surface area contributed by atoms with Crippen LogP contribution in [0.4, 0.5) is 0 Å². The highest BCUT2D eigenvalue weighted by atomic mass is 16.1. The van der Waals surface area contributed by atoms with Crippen molar-refractivity contribution in [3.05, 3.63) is 21.9 Å². The zero-order valence-corrected chi connectivity index (χ0v) is 5.42. The van der Waals surface area contributed by atoms with E-state index in [0.717, 1.165) is 30.7 Å². The molecule has 1 aromatic rings. The smallest absolute Gasteiger partial charge is 0.244 e. The fraction of sp³-hybridized carbons (Fsp3) is 0.500. The summed E-state index contributed by atoms with van der Waals surface area (Å²) < 4.78 is 0. The number of nitrogens with one attached hydrogen (secondary N) is 1. The molecule has 0 aromatic carbocycles. The number of fused-ring (bicyclic) bond motifs is 1. The monoisotopic (exact) mass is 137 g/mol. The van der Waals surface area contributed by atoms with Crippen LogP contribution < -0.4 is 5.69 Å². The molecule has 1 aliphatic carbocycles. The van der Waals surface area contributed by atoms with Crippen LogP contribution in [-0.2, 0) is 12.8 Å². The molecule has 0 unspecified atom stereocenters. The Kier molecular flexibility index (Phi) is 1.06. The topological polar surface area (TPSA) is 58.6 Å². The Morgan fingerprint density at radius 1 is 1.30 bits per heavy atom. The summed E-state index contributed by atoms with van der Waals surface area (Å²) in [6, 6.07) is 0. The largest absolute Gasteiger partial charge is 0.361 e. The highest BCUT2D eigenvalue weighted by Crippen LogP contribution is 2.13. The van der Waals surface area contributed by atoms with E-state index in [2.05, 4.69) is 15.2 Å². The third kappa shape index (κ3) is 0.725. The fourth-order valence-electron chi connectivity index (χ4n) is 1.22. The van der Waals surface area contributed by atoms with Crippen molar-refractivity contribution < 1.29 is 0 Å². The third-order valence-electron chi connectivity index (χ3n) is 1.68. The zero-order valence-electron chi connectivity index (χ0n) is 5.42. The summed E-state index contributed by atoms with van der Waals surface area (Å²) in [7, 11) is 0. The van der Waals surface area contributed by atoms with Crippen molar-refractivity contribution >= 4 is 0 Å². The molecular weight excluding hydrogens is 130 g/mol. The number of aromatic amines is 1. The predicted molar refractivity (Wildman–Crippen MR) is 34.7 cm³/mol. The molecule has 0 radical (unpaired) electrons. The quantitative estimate of drug-likeness (QED) is 0.532. The minimum atomic E-state index is -0.333. The molecule has 0 bridgehead atoms. The van der Waals surface area contributed by atoms with E-state index < -0.39 is 0 Å². The zero-order chi connectivity index (χ0) is 6.97. The Bertz CT molecular complexity index is 304. The van der Waals surface area contributed by atoms with Crippen LogP contribution in [0.15, 0.2) is 4.79 Å². The lowest BCUT2D eigenvalue weighted by atomic mass is 10.4. The van der Waals surface area contributed by atoms with Gasteiger partial charge in [0.25, 0.3) is 0 Å². The van der Waals surface area contributed by atoms with Crippen molar-refractivity contribution in [1.82, 2.24) is 15.2 Å². The highest BCUT2D eigenvalue weighted by molar-refractivity contribution is 5.13. The van der Waals surface area contributed by atoms with Gasteiger partial charge in [0.05, 0.1) is 11.4 Å². The van der Waals surface area contributed by atoms with Crippen LogP contribution in [0.5, 0.6) is 0 Å². The fourth-order valence-corrected chi connectivity index (χ4v) is 1.22. The van der Waals surface area contributed by atoms with Gasteiger partial charge in [0.1, 0.15) is 0 Å². The Hall–Kier alpha value is -1.19. The average Bonchev–Trinajstić information content (AvgIpc) is 2.33. The van der Waals surface area contributed by atoms with Gasteiger partial charge in [0.2, 0.25) is 0 Å². The van der Waals surface area contributed by atoms with Crippen molar-refractivity contribution in [2.75, 3.05) is 0 Å². The van der Waals surface area contributed by atoms with E-state index in [1.807, 2.05) is 0 Å². The molecule has 0 atom stereocenters. The number of hydrogen-bond acceptors (Lipinski definition) is 3. The number of nitrogens with zero attached hydrogens (tertiary/aromatic N) is 2. The van der Waals surface area contributed by atoms with E-state index in [1.165, 1.54) is 0 Å². The Balaban J connectivity index is 2.63. The lowest BCUT2D eigenvalue weighted by Gasteiger charge is -1.90. The van der Waals surface area contributed by atoms with Gasteiger partial charge >= 0.3 is 5.69 Å². The predicted octanol–water partition coefficient (Wildman–Crippen LogP) is -0.346. The number of rotatable bonds is 0. The molecule has 1 aromatic heterocycles. The van der Waals surface area contributed by atoms with Gasteiger partial charge in [-0.3, -0.25) is 0 Å². The van der Waals surface area contributed by atoms with Crippen LogP contribution in [0.1, 0.15) is 17.8 Å². The molecule has 1 heterocycles. The van der Waals surface area contributed by atoms with Gasteiger partial charge in [0.15, 0.2) is 0 Å². The minimum absolute atomic E-state index is 0.333. The molecule has 1 aliphatic rings. The highest BCUT2D eigenvalue weighted by Gasteiger charge is 2.13. The first-order valence-corrected chi connectivity index (χ1v) is 3.31. The van der Waals surface area contributed by atoms with Gasteiger partial charge in [-0.15, -0.1) is 0 Å². The molecular formula is C6H7N3O. The first kappa shape index (κ1) is 5.58. The summed E-state index contributed by atoms with van der Waals surface area (Å²) in [6.45, 7) is 0. The van der Waals surface area contributed by atoms with E-state index in [-0.39, 0.29) is 5.69 Å². The second-order valence-corrected chi connectivity index (χ2v) is 2.39. The van der Waals surface area contributed by atoms with Crippen LogP contribution in [0.3, 0.4) is 0 Å². The molecule has 4 nitrogen and oxygen atoms in total. The number of hydrogen-bond donors (Lipinski definition) is 1. The Labute approximate surface area is 57.3 Å². The van der Waals surface area contributed by atoms with Crippen LogP contribution >= 0.6 is 0 Å². The van der Waals surface area contributed by atoms with Crippen LogP contribution in [0.2, 0.25) is 0 Å². The van der Waals surface area contributed by atoms with Gasteiger partial charge in [-0.25, -0.2) is 9.89 Å². The molecule has 52 valence electrons. The first-order chi connectivity index (χ1) is 4.86. The lowest BCUT2D eigenvalue weighted by molar-refractivity contribution is 0.849. The van der Waals surface area contributed by atoms with E-state index in [9.17, 15) is 4.79 Å². The van der Waals surface area contributed by atoms with Crippen LogP contribution in [0, 0.1) is 0 Å². The molecule has 2 rings (SSSR count). The molecule has 0 aliphatic heterocycles. The van der Waals surface area contributed by atoms with Gasteiger partial charge < -0.3 is 0 Å². The van der Waals surface area contributed by atoms with E-state index >= 15 is 0 Å². The summed E-state index contributed by atoms with van der Waals surface area (Å²) in [5.41, 5.74) is 1.50. The molecule has 0 spiro atoms. The van der Waals surface area contributed by atoms with Gasteiger partial charge in [-0.2, -0.15) is 10.1 Å². The number of H-pyrrole nitrogens is 1. The summed E-state index contributed by atoms with van der Waals surface area (Å²) in [5.74, 6) is 0. The second kappa shape index (κ2) is 1.90. The first-order valence-electron chi connectivity index (χ1n) is 3.31. The standard InChI is InChI=1S/C6H7N3O/c10-6-7-4-2-1-3-5(4)8-9-6/h1-3H2,(H,7,9,10). The van der Waals surface area contributed by atoms with E-state index in [0.29, 0.717) is 0 Å². The molecule has 0 fully saturated rings. The van der Waals surface area contributed by atoms with Crippen molar-refractivity contribution in [2.24, 2.45) is 0 Å². The summed E-state index contributed by atoms with van der Waals surface area (Å²) in [4.78, 5) is 14.4. The third-order valence-corrected chi connectivity index (χ3v) is 1.68. The van der Waals surface area contributed by atoms with Gasteiger partial charge in [-0.05, 0) is 19.3 Å². The molecule has 10 heavy (non-hydrogen) atoms. The maximum Gasteiger partial charge on any atom is 0.361 e. The molecule has 0 saturated heterocycles. The van der Waals surface area contributed by atoms with E-state index in [1.54, 1.807) is 0 Å². The SMILES string of the molecule is O=c1nc2c(n[nH]1)CCC2. The normalized spacial score (nSPS) is 15.2.